The Labute approximate surface area is 102 Å². The standard InChI is InChI=1S/C7H5BrIN5/c8-5-2-11-7(10)13-6(5)14-3-4(9)1-12-14/h1-3H,(H2,10,11,13). The van der Waals surface area contributed by atoms with E-state index in [0.29, 0.717) is 5.82 Å². The minimum absolute atomic E-state index is 0.230. The topological polar surface area (TPSA) is 69.6 Å². The van der Waals surface area contributed by atoms with Crippen LogP contribution in [0.25, 0.3) is 5.82 Å². The van der Waals surface area contributed by atoms with Crippen molar-refractivity contribution in [1.29, 1.82) is 0 Å². The zero-order chi connectivity index (χ0) is 10.1. The van der Waals surface area contributed by atoms with Crippen molar-refractivity contribution in [3.8, 4) is 5.82 Å². The summed E-state index contributed by atoms with van der Waals surface area (Å²) in [6.07, 6.45) is 5.20. The van der Waals surface area contributed by atoms with Gasteiger partial charge >= 0.3 is 0 Å². The van der Waals surface area contributed by atoms with Gasteiger partial charge in [0.2, 0.25) is 5.95 Å². The highest BCUT2D eigenvalue weighted by Gasteiger charge is 2.06. The molecule has 0 aliphatic carbocycles. The normalized spacial score (nSPS) is 10.4. The van der Waals surface area contributed by atoms with Crippen molar-refractivity contribution in [2.45, 2.75) is 0 Å². The highest BCUT2D eigenvalue weighted by atomic mass is 127. The first kappa shape index (κ1) is 9.84. The SMILES string of the molecule is Nc1ncc(Br)c(-n2cc(I)cn2)n1. The van der Waals surface area contributed by atoms with E-state index in [1.165, 1.54) is 0 Å². The molecule has 2 rings (SSSR count). The summed E-state index contributed by atoms with van der Waals surface area (Å²) in [5, 5.41) is 4.12. The van der Waals surface area contributed by atoms with Crippen LogP contribution in [0.5, 0.6) is 0 Å². The minimum atomic E-state index is 0.230. The van der Waals surface area contributed by atoms with Gasteiger partial charge < -0.3 is 5.73 Å². The molecule has 72 valence electrons. The van der Waals surface area contributed by atoms with Crippen LogP contribution in [-0.4, -0.2) is 19.7 Å². The van der Waals surface area contributed by atoms with E-state index in [1.807, 2.05) is 6.20 Å². The third-order valence-corrected chi connectivity index (χ3v) is 2.63. The summed E-state index contributed by atoms with van der Waals surface area (Å²) in [6, 6.07) is 0. The fourth-order valence-electron chi connectivity index (χ4n) is 0.949. The molecule has 0 aliphatic rings. The molecular formula is C7H5BrIN5. The second kappa shape index (κ2) is 3.81. The molecule has 0 aliphatic heterocycles. The van der Waals surface area contributed by atoms with Crippen LogP contribution >= 0.6 is 38.5 Å². The largest absolute Gasteiger partial charge is 0.368 e. The number of hydrogen-bond donors (Lipinski definition) is 1. The second-order valence-corrected chi connectivity index (χ2v) is 4.60. The van der Waals surface area contributed by atoms with E-state index in [0.717, 1.165) is 8.04 Å². The quantitative estimate of drug-likeness (QED) is 0.779. The van der Waals surface area contributed by atoms with E-state index in [1.54, 1.807) is 17.1 Å². The number of hydrogen-bond acceptors (Lipinski definition) is 4. The third kappa shape index (κ3) is 1.87. The van der Waals surface area contributed by atoms with Gasteiger partial charge in [-0.2, -0.15) is 10.1 Å². The van der Waals surface area contributed by atoms with E-state index in [-0.39, 0.29) is 5.95 Å². The molecule has 0 spiro atoms. The maximum atomic E-state index is 5.49. The first-order valence-corrected chi connectivity index (χ1v) is 5.52. The molecule has 0 unspecified atom stereocenters. The average molecular weight is 366 g/mol. The fraction of sp³-hybridized carbons (Fsp3) is 0. The zero-order valence-corrected chi connectivity index (χ0v) is 10.6. The number of nitrogens with zero attached hydrogens (tertiary/aromatic N) is 4. The Hall–Kier alpha value is -0.700. The molecule has 5 nitrogen and oxygen atoms in total. The third-order valence-electron chi connectivity index (χ3n) is 1.51. The van der Waals surface area contributed by atoms with Gasteiger partial charge in [-0.05, 0) is 38.5 Å². The van der Waals surface area contributed by atoms with Crippen LogP contribution in [-0.2, 0) is 0 Å². The van der Waals surface area contributed by atoms with Crippen molar-refractivity contribution < 1.29 is 0 Å². The molecule has 2 aromatic heterocycles. The summed E-state index contributed by atoms with van der Waals surface area (Å²) in [4.78, 5) is 7.92. The minimum Gasteiger partial charge on any atom is -0.368 e. The Morgan fingerprint density at radius 3 is 2.86 bits per heavy atom. The van der Waals surface area contributed by atoms with Gasteiger partial charge in [0.15, 0.2) is 5.82 Å². The Morgan fingerprint density at radius 1 is 1.43 bits per heavy atom. The van der Waals surface area contributed by atoms with Gasteiger partial charge in [-0.1, -0.05) is 0 Å². The maximum Gasteiger partial charge on any atom is 0.222 e. The number of anilines is 1. The molecule has 2 heterocycles. The lowest BCUT2D eigenvalue weighted by atomic mass is 10.6. The van der Waals surface area contributed by atoms with E-state index in [9.17, 15) is 0 Å². The average Bonchev–Trinajstić information content (AvgIpc) is 2.56. The van der Waals surface area contributed by atoms with E-state index in [4.69, 9.17) is 5.73 Å². The van der Waals surface area contributed by atoms with Crippen LogP contribution in [0, 0.1) is 3.57 Å². The van der Waals surface area contributed by atoms with Gasteiger partial charge in [0, 0.05) is 12.4 Å². The predicted molar refractivity (Wildman–Crippen MR) is 64.0 cm³/mol. The molecular weight excluding hydrogens is 361 g/mol. The van der Waals surface area contributed by atoms with E-state index >= 15 is 0 Å². The van der Waals surface area contributed by atoms with Crippen LogP contribution < -0.4 is 5.73 Å². The zero-order valence-electron chi connectivity index (χ0n) is 6.85. The molecule has 0 bridgehead atoms. The molecule has 2 aromatic rings. The number of aromatic nitrogens is 4. The molecule has 0 aromatic carbocycles. The monoisotopic (exact) mass is 365 g/mol. The number of nitrogen functional groups attached to an aromatic ring is 1. The molecule has 0 saturated carbocycles. The molecule has 0 amide bonds. The predicted octanol–water partition coefficient (Wildman–Crippen LogP) is 1.61. The smallest absolute Gasteiger partial charge is 0.222 e. The number of rotatable bonds is 1. The number of halogens is 2. The van der Waals surface area contributed by atoms with Crippen LogP contribution in [0.2, 0.25) is 0 Å². The summed E-state index contributed by atoms with van der Waals surface area (Å²) in [5.74, 6) is 0.870. The lowest BCUT2D eigenvalue weighted by Crippen LogP contribution is -2.03. The van der Waals surface area contributed by atoms with Crippen molar-refractivity contribution in [3.05, 3.63) is 26.6 Å². The Balaban J connectivity index is 2.55. The molecule has 0 fully saturated rings. The highest BCUT2D eigenvalue weighted by Crippen LogP contribution is 2.18. The first-order valence-electron chi connectivity index (χ1n) is 3.65. The van der Waals surface area contributed by atoms with Gasteiger partial charge in [0.1, 0.15) is 0 Å². The molecule has 7 heteroatoms. The van der Waals surface area contributed by atoms with Crippen LogP contribution in [0.15, 0.2) is 23.1 Å². The van der Waals surface area contributed by atoms with E-state index in [2.05, 4.69) is 53.6 Å². The Morgan fingerprint density at radius 2 is 2.21 bits per heavy atom. The Kier molecular flexibility index (Phi) is 2.68. The van der Waals surface area contributed by atoms with Gasteiger partial charge in [0.25, 0.3) is 0 Å². The maximum absolute atomic E-state index is 5.49. The van der Waals surface area contributed by atoms with Crippen molar-refractivity contribution in [3.63, 3.8) is 0 Å². The summed E-state index contributed by atoms with van der Waals surface area (Å²) in [6.45, 7) is 0. The fourth-order valence-corrected chi connectivity index (χ4v) is 1.71. The second-order valence-electron chi connectivity index (χ2n) is 2.50. The van der Waals surface area contributed by atoms with Crippen LogP contribution in [0.1, 0.15) is 0 Å². The summed E-state index contributed by atoms with van der Waals surface area (Å²) in [5.41, 5.74) is 5.49. The van der Waals surface area contributed by atoms with E-state index < -0.39 is 0 Å². The van der Waals surface area contributed by atoms with Crippen molar-refractivity contribution in [1.82, 2.24) is 19.7 Å². The summed E-state index contributed by atoms with van der Waals surface area (Å²) in [7, 11) is 0. The van der Waals surface area contributed by atoms with Gasteiger partial charge in [-0.3, -0.25) is 0 Å². The summed E-state index contributed by atoms with van der Waals surface area (Å²) < 4.78 is 3.43. The van der Waals surface area contributed by atoms with Crippen molar-refractivity contribution >= 4 is 44.5 Å². The lowest BCUT2D eigenvalue weighted by molar-refractivity contribution is 0.836. The molecule has 0 radical (unpaired) electrons. The van der Waals surface area contributed by atoms with Crippen LogP contribution in [0.4, 0.5) is 5.95 Å². The molecule has 0 atom stereocenters. The summed E-state index contributed by atoms with van der Waals surface area (Å²) >= 11 is 5.51. The lowest BCUT2D eigenvalue weighted by Gasteiger charge is -2.02. The van der Waals surface area contributed by atoms with Crippen LogP contribution in [0.3, 0.4) is 0 Å². The highest BCUT2D eigenvalue weighted by molar-refractivity contribution is 14.1. The molecule has 14 heavy (non-hydrogen) atoms. The first-order chi connectivity index (χ1) is 6.66. The van der Waals surface area contributed by atoms with Gasteiger partial charge in [0.05, 0.1) is 14.2 Å². The van der Waals surface area contributed by atoms with Crippen molar-refractivity contribution in [2.75, 3.05) is 5.73 Å². The molecule has 0 saturated heterocycles. The van der Waals surface area contributed by atoms with Gasteiger partial charge in [-0.25, -0.2) is 9.67 Å². The molecule has 2 N–H and O–H groups in total. The Bertz CT molecular complexity index is 469. The number of nitrogens with two attached hydrogens (primary N) is 1. The van der Waals surface area contributed by atoms with Crippen molar-refractivity contribution in [2.24, 2.45) is 0 Å². The van der Waals surface area contributed by atoms with Gasteiger partial charge in [-0.15, -0.1) is 0 Å².